The first-order chi connectivity index (χ1) is 6.50. The molecule has 0 unspecified atom stereocenters. The summed E-state index contributed by atoms with van der Waals surface area (Å²) in [4.78, 5) is 0. The smallest absolute Gasteiger partial charge is 0.164 e. The van der Waals surface area contributed by atoms with Gasteiger partial charge in [-0.15, -0.1) is 6.58 Å². The van der Waals surface area contributed by atoms with E-state index in [2.05, 4.69) is 6.58 Å². The van der Waals surface area contributed by atoms with Gasteiger partial charge in [0.05, 0.1) is 6.10 Å². The topological polar surface area (TPSA) is 38.7 Å². The second-order valence-corrected chi connectivity index (χ2v) is 4.16. The molecule has 0 bridgehead atoms. The second kappa shape index (κ2) is 4.43. The minimum atomic E-state index is -0.613. The van der Waals surface area contributed by atoms with Crippen LogP contribution in [0.2, 0.25) is 0 Å². The Morgan fingerprint density at radius 2 is 2.14 bits per heavy atom. The molecule has 3 nitrogen and oxygen atoms in total. The molecule has 1 aliphatic rings. The van der Waals surface area contributed by atoms with Gasteiger partial charge in [-0.3, -0.25) is 0 Å². The summed E-state index contributed by atoms with van der Waals surface area (Å²) in [5.74, 6) is -0.613. The molecule has 1 aliphatic heterocycles. The van der Waals surface area contributed by atoms with Crippen molar-refractivity contribution >= 4 is 0 Å². The minimum absolute atomic E-state index is 0.202. The molecule has 14 heavy (non-hydrogen) atoms. The lowest BCUT2D eigenvalue weighted by molar-refractivity contribution is -0.153. The summed E-state index contributed by atoms with van der Waals surface area (Å²) < 4.78 is 11.2. The van der Waals surface area contributed by atoms with Crippen molar-refractivity contribution in [3.8, 4) is 0 Å². The number of aliphatic hydroxyl groups excluding tert-OH is 1. The van der Waals surface area contributed by atoms with Crippen LogP contribution in [0.4, 0.5) is 0 Å². The van der Waals surface area contributed by atoms with Crippen molar-refractivity contribution in [1.29, 1.82) is 0 Å². The van der Waals surface area contributed by atoms with Crippen molar-refractivity contribution in [3.05, 3.63) is 12.7 Å². The first kappa shape index (κ1) is 11.7. The number of ether oxygens (including phenoxy) is 2. The van der Waals surface area contributed by atoms with Gasteiger partial charge in [0.25, 0.3) is 0 Å². The van der Waals surface area contributed by atoms with E-state index in [1.54, 1.807) is 6.08 Å². The molecule has 0 aromatic heterocycles. The summed E-state index contributed by atoms with van der Waals surface area (Å²) in [5, 5.41) is 9.83. The van der Waals surface area contributed by atoms with E-state index >= 15 is 0 Å². The van der Waals surface area contributed by atoms with E-state index < -0.39 is 11.9 Å². The van der Waals surface area contributed by atoms with Gasteiger partial charge in [0.15, 0.2) is 5.79 Å². The Bertz CT molecular complexity index is 201. The van der Waals surface area contributed by atoms with Crippen LogP contribution in [0.15, 0.2) is 12.7 Å². The van der Waals surface area contributed by atoms with Gasteiger partial charge < -0.3 is 14.6 Å². The molecule has 1 rings (SSSR count). The minimum Gasteiger partial charge on any atom is -0.390 e. The van der Waals surface area contributed by atoms with E-state index in [0.717, 1.165) is 12.8 Å². The summed E-state index contributed by atoms with van der Waals surface area (Å²) in [6.45, 7) is 9.42. The SMILES string of the molecule is C=C[C@H]1OC(C)(C)O[C@H]1[C@@H](O)CCC. The largest absolute Gasteiger partial charge is 0.390 e. The van der Waals surface area contributed by atoms with Crippen molar-refractivity contribution < 1.29 is 14.6 Å². The van der Waals surface area contributed by atoms with Crippen LogP contribution < -0.4 is 0 Å². The fourth-order valence-electron chi connectivity index (χ4n) is 1.76. The van der Waals surface area contributed by atoms with Crippen LogP contribution >= 0.6 is 0 Å². The summed E-state index contributed by atoms with van der Waals surface area (Å²) in [7, 11) is 0. The zero-order valence-corrected chi connectivity index (χ0v) is 9.19. The van der Waals surface area contributed by atoms with Crippen LogP contribution in [-0.2, 0) is 9.47 Å². The maximum atomic E-state index is 9.83. The molecule has 0 aromatic carbocycles. The van der Waals surface area contributed by atoms with Crippen LogP contribution in [0.5, 0.6) is 0 Å². The fraction of sp³-hybridized carbons (Fsp3) is 0.818. The summed E-state index contributed by atoms with van der Waals surface area (Å²) in [6, 6.07) is 0. The van der Waals surface area contributed by atoms with E-state index in [9.17, 15) is 5.11 Å². The van der Waals surface area contributed by atoms with Crippen molar-refractivity contribution in [2.75, 3.05) is 0 Å². The number of aliphatic hydroxyl groups is 1. The Hall–Kier alpha value is -0.380. The average Bonchev–Trinajstić information content (AvgIpc) is 2.41. The molecule has 0 amide bonds. The maximum Gasteiger partial charge on any atom is 0.164 e. The van der Waals surface area contributed by atoms with Gasteiger partial charge in [0.2, 0.25) is 0 Å². The lowest BCUT2D eigenvalue weighted by atomic mass is 10.0. The molecule has 82 valence electrons. The van der Waals surface area contributed by atoms with Gasteiger partial charge in [0, 0.05) is 0 Å². The van der Waals surface area contributed by atoms with E-state index in [0.29, 0.717) is 0 Å². The molecule has 0 aliphatic carbocycles. The predicted octanol–water partition coefficient (Wildman–Crippen LogP) is 1.85. The summed E-state index contributed by atoms with van der Waals surface area (Å²) in [6.07, 6.45) is 2.41. The standard InChI is InChI=1S/C11H20O3/c1-5-7-8(12)10-9(6-2)13-11(3,4)14-10/h6,8-10,12H,2,5,7H2,1,3-4H3/t8-,9+,10-/m0/s1. The first-order valence-electron chi connectivity index (χ1n) is 5.16. The third-order valence-corrected chi connectivity index (χ3v) is 2.36. The molecular formula is C11H20O3. The Morgan fingerprint density at radius 1 is 1.50 bits per heavy atom. The highest BCUT2D eigenvalue weighted by molar-refractivity contribution is 4.96. The van der Waals surface area contributed by atoms with Crippen molar-refractivity contribution in [2.45, 2.75) is 57.7 Å². The highest BCUT2D eigenvalue weighted by atomic mass is 16.8. The van der Waals surface area contributed by atoms with Crippen LogP contribution in [0, 0.1) is 0 Å². The molecule has 0 spiro atoms. The van der Waals surface area contributed by atoms with Crippen molar-refractivity contribution in [1.82, 2.24) is 0 Å². The Morgan fingerprint density at radius 3 is 2.64 bits per heavy atom. The number of hydrogen-bond donors (Lipinski definition) is 1. The molecule has 0 aromatic rings. The highest BCUT2D eigenvalue weighted by Gasteiger charge is 2.42. The fourth-order valence-corrected chi connectivity index (χ4v) is 1.76. The van der Waals surface area contributed by atoms with Crippen LogP contribution in [0.25, 0.3) is 0 Å². The molecule has 1 saturated heterocycles. The zero-order valence-electron chi connectivity index (χ0n) is 9.19. The highest BCUT2D eigenvalue weighted by Crippen LogP contribution is 2.31. The third kappa shape index (κ3) is 2.56. The van der Waals surface area contributed by atoms with Gasteiger partial charge in [-0.1, -0.05) is 19.4 Å². The van der Waals surface area contributed by atoms with Crippen LogP contribution in [0.1, 0.15) is 33.6 Å². The zero-order chi connectivity index (χ0) is 10.8. The predicted molar refractivity (Wildman–Crippen MR) is 54.9 cm³/mol. The second-order valence-electron chi connectivity index (χ2n) is 4.16. The van der Waals surface area contributed by atoms with Crippen molar-refractivity contribution in [3.63, 3.8) is 0 Å². The van der Waals surface area contributed by atoms with E-state index in [1.165, 1.54) is 0 Å². The molecule has 3 heteroatoms. The van der Waals surface area contributed by atoms with E-state index in [-0.39, 0.29) is 12.2 Å². The molecule has 1 heterocycles. The monoisotopic (exact) mass is 200 g/mol. The Labute approximate surface area is 85.7 Å². The number of hydrogen-bond acceptors (Lipinski definition) is 3. The summed E-state index contributed by atoms with van der Waals surface area (Å²) in [5.41, 5.74) is 0. The first-order valence-corrected chi connectivity index (χ1v) is 5.16. The van der Waals surface area contributed by atoms with E-state index in [4.69, 9.17) is 9.47 Å². The number of rotatable bonds is 4. The van der Waals surface area contributed by atoms with E-state index in [1.807, 2.05) is 20.8 Å². The van der Waals surface area contributed by atoms with Crippen LogP contribution in [-0.4, -0.2) is 29.2 Å². The quantitative estimate of drug-likeness (QED) is 0.704. The summed E-state index contributed by atoms with van der Waals surface area (Å²) >= 11 is 0. The third-order valence-electron chi connectivity index (χ3n) is 2.36. The Balaban J connectivity index is 2.63. The normalized spacial score (nSPS) is 32.9. The van der Waals surface area contributed by atoms with Gasteiger partial charge in [-0.25, -0.2) is 0 Å². The lowest BCUT2D eigenvalue weighted by Crippen LogP contribution is -2.34. The molecule has 0 radical (unpaired) electrons. The average molecular weight is 200 g/mol. The van der Waals surface area contributed by atoms with Crippen molar-refractivity contribution in [2.24, 2.45) is 0 Å². The van der Waals surface area contributed by atoms with Crippen LogP contribution in [0.3, 0.4) is 0 Å². The van der Waals surface area contributed by atoms with Gasteiger partial charge >= 0.3 is 0 Å². The van der Waals surface area contributed by atoms with Gasteiger partial charge in [-0.05, 0) is 20.3 Å². The molecule has 1 fully saturated rings. The lowest BCUT2D eigenvalue weighted by Gasteiger charge is -2.20. The van der Waals surface area contributed by atoms with Gasteiger partial charge in [0.1, 0.15) is 12.2 Å². The van der Waals surface area contributed by atoms with Gasteiger partial charge in [-0.2, -0.15) is 0 Å². The Kier molecular flexibility index (Phi) is 3.70. The molecule has 3 atom stereocenters. The molecule has 0 saturated carbocycles. The molecular weight excluding hydrogens is 180 g/mol. The maximum absolute atomic E-state index is 9.83. The molecule has 1 N–H and O–H groups in total.